The Balaban J connectivity index is 0.00000155. The standard InChI is InChI=1S/C23H20F2N2S.C2H6/c1-16(23(3,24)25)22-26-15-21(28-22)13-12-18-8-7-11-20(14-18)27-17(2)19-9-5-4-6-10-19;1-2/h4-11,14-16,27H,2H2,1,3H3;1-2H3. The molecule has 1 unspecified atom stereocenters. The molecule has 2 aromatic carbocycles. The summed E-state index contributed by atoms with van der Waals surface area (Å²) in [6.45, 7) is 10.5. The van der Waals surface area contributed by atoms with Gasteiger partial charge in [0.1, 0.15) is 5.01 Å². The Hall–Kier alpha value is -2.97. The molecule has 0 spiro atoms. The van der Waals surface area contributed by atoms with Gasteiger partial charge in [-0.15, -0.1) is 11.3 Å². The van der Waals surface area contributed by atoms with Crippen LogP contribution in [0.4, 0.5) is 14.5 Å². The van der Waals surface area contributed by atoms with Crippen molar-refractivity contribution < 1.29 is 8.78 Å². The maximum absolute atomic E-state index is 13.4. The third-order valence-electron chi connectivity index (χ3n) is 4.26. The molecule has 0 saturated carbocycles. The molecule has 5 heteroatoms. The van der Waals surface area contributed by atoms with Crippen LogP contribution in [0.15, 0.2) is 67.4 Å². The minimum absolute atomic E-state index is 0.395. The van der Waals surface area contributed by atoms with Crippen LogP contribution in [-0.4, -0.2) is 10.9 Å². The van der Waals surface area contributed by atoms with E-state index < -0.39 is 11.8 Å². The first-order valence-corrected chi connectivity index (χ1v) is 10.6. The Kier molecular flexibility index (Phi) is 8.32. The van der Waals surface area contributed by atoms with Gasteiger partial charge >= 0.3 is 0 Å². The second-order valence-electron chi connectivity index (χ2n) is 6.54. The molecular formula is C25H26F2N2S. The van der Waals surface area contributed by atoms with E-state index in [0.29, 0.717) is 9.88 Å². The number of rotatable bonds is 5. The van der Waals surface area contributed by atoms with Gasteiger partial charge in [-0.25, -0.2) is 13.8 Å². The summed E-state index contributed by atoms with van der Waals surface area (Å²) in [5.41, 5.74) is 3.50. The van der Waals surface area contributed by atoms with Crippen LogP contribution in [0.2, 0.25) is 0 Å². The fourth-order valence-corrected chi connectivity index (χ4v) is 3.38. The summed E-state index contributed by atoms with van der Waals surface area (Å²) in [4.78, 5) is 4.76. The van der Waals surface area contributed by atoms with Gasteiger partial charge in [-0.1, -0.05) is 69.7 Å². The van der Waals surface area contributed by atoms with Gasteiger partial charge < -0.3 is 5.32 Å². The number of aromatic nitrogens is 1. The zero-order chi connectivity index (χ0) is 22.1. The Morgan fingerprint density at radius 1 is 1.10 bits per heavy atom. The first-order valence-electron chi connectivity index (χ1n) is 9.80. The summed E-state index contributed by atoms with van der Waals surface area (Å²) in [7, 11) is 0. The van der Waals surface area contributed by atoms with Crippen molar-refractivity contribution in [2.24, 2.45) is 0 Å². The molecule has 0 aliphatic heterocycles. The average molecular weight is 425 g/mol. The molecule has 30 heavy (non-hydrogen) atoms. The van der Waals surface area contributed by atoms with Crippen LogP contribution in [0.25, 0.3) is 5.70 Å². The second-order valence-corrected chi connectivity index (χ2v) is 7.60. The lowest BCUT2D eigenvalue weighted by Crippen LogP contribution is -2.19. The van der Waals surface area contributed by atoms with Gasteiger partial charge in [0.05, 0.1) is 17.0 Å². The summed E-state index contributed by atoms with van der Waals surface area (Å²) in [5.74, 6) is 2.35. The highest BCUT2D eigenvalue weighted by atomic mass is 32.1. The second kappa shape index (κ2) is 10.7. The third-order valence-corrected chi connectivity index (χ3v) is 5.36. The van der Waals surface area contributed by atoms with Crippen molar-refractivity contribution in [3.63, 3.8) is 0 Å². The third kappa shape index (κ3) is 6.53. The minimum Gasteiger partial charge on any atom is -0.355 e. The van der Waals surface area contributed by atoms with Gasteiger partial charge in [0.2, 0.25) is 0 Å². The van der Waals surface area contributed by atoms with E-state index in [-0.39, 0.29) is 0 Å². The molecule has 0 amide bonds. The van der Waals surface area contributed by atoms with E-state index >= 15 is 0 Å². The molecular weight excluding hydrogens is 398 g/mol. The Morgan fingerprint density at radius 2 is 1.80 bits per heavy atom. The summed E-state index contributed by atoms with van der Waals surface area (Å²) < 4.78 is 26.9. The number of anilines is 1. The van der Waals surface area contributed by atoms with E-state index in [2.05, 4.69) is 28.7 Å². The van der Waals surface area contributed by atoms with Crippen LogP contribution in [0, 0.1) is 11.8 Å². The SMILES string of the molecule is C=C(Nc1cccc(C#Cc2cnc(C(C)C(C)(F)F)s2)c1)c1ccccc1.CC. The van der Waals surface area contributed by atoms with Gasteiger partial charge in [-0.3, -0.25) is 0 Å². The quantitative estimate of drug-likeness (QED) is 0.431. The van der Waals surface area contributed by atoms with E-state index in [0.717, 1.165) is 29.4 Å². The van der Waals surface area contributed by atoms with Crippen LogP contribution >= 0.6 is 11.3 Å². The lowest BCUT2D eigenvalue weighted by Gasteiger charge is -2.16. The van der Waals surface area contributed by atoms with Crippen LogP contribution in [0.5, 0.6) is 0 Å². The molecule has 0 aliphatic carbocycles. The van der Waals surface area contributed by atoms with Gasteiger partial charge in [-0.05, 0) is 29.7 Å². The molecule has 1 aromatic heterocycles. The zero-order valence-electron chi connectivity index (χ0n) is 17.7. The van der Waals surface area contributed by atoms with Crippen molar-refractivity contribution in [2.45, 2.75) is 39.5 Å². The van der Waals surface area contributed by atoms with Gasteiger partial charge in [-0.2, -0.15) is 0 Å². The van der Waals surface area contributed by atoms with Crippen LogP contribution < -0.4 is 5.32 Å². The largest absolute Gasteiger partial charge is 0.355 e. The average Bonchev–Trinajstić information content (AvgIpc) is 3.22. The molecule has 0 saturated heterocycles. The molecule has 1 atom stereocenters. The topological polar surface area (TPSA) is 24.9 Å². The highest BCUT2D eigenvalue weighted by molar-refractivity contribution is 7.12. The molecule has 0 bridgehead atoms. The lowest BCUT2D eigenvalue weighted by atomic mass is 10.1. The molecule has 3 aromatic rings. The monoisotopic (exact) mass is 424 g/mol. The summed E-state index contributed by atoms with van der Waals surface area (Å²) in [6.07, 6.45) is 1.55. The number of hydrogen-bond acceptors (Lipinski definition) is 3. The van der Waals surface area contributed by atoms with Crippen molar-refractivity contribution >= 4 is 22.7 Å². The van der Waals surface area contributed by atoms with Crippen LogP contribution in [-0.2, 0) is 0 Å². The molecule has 0 fully saturated rings. The summed E-state index contributed by atoms with van der Waals surface area (Å²) in [6, 6.07) is 17.5. The normalized spacial score (nSPS) is 11.4. The van der Waals surface area contributed by atoms with Gasteiger partial charge in [0.25, 0.3) is 5.92 Å². The van der Waals surface area contributed by atoms with E-state index in [9.17, 15) is 8.78 Å². The van der Waals surface area contributed by atoms with E-state index in [4.69, 9.17) is 0 Å². The highest BCUT2D eigenvalue weighted by Gasteiger charge is 2.33. The van der Waals surface area contributed by atoms with E-state index in [1.54, 1.807) is 6.20 Å². The summed E-state index contributed by atoms with van der Waals surface area (Å²) in [5, 5.41) is 3.67. The molecule has 156 valence electrons. The van der Waals surface area contributed by atoms with Crippen LogP contribution in [0.3, 0.4) is 0 Å². The maximum Gasteiger partial charge on any atom is 0.254 e. The predicted molar refractivity (Wildman–Crippen MR) is 124 cm³/mol. The number of nitrogens with zero attached hydrogens (tertiary/aromatic N) is 1. The van der Waals surface area contributed by atoms with E-state index in [1.165, 1.54) is 18.3 Å². The maximum atomic E-state index is 13.4. The lowest BCUT2D eigenvalue weighted by molar-refractivity contribution is -0.00227. The molecule has 1 N–H and O–H groups in total. The molecule has 3 rings (SSSR count). The number of alkyl halides is 2. The number of benzene rings is 2. The van der Waals surface area contributed by atoms with Crippen LogP contribution in [0.1, 0.15) is 54.6 Å². The number of hydrogen-bond donors (Lipinski definition) is 1. The van der Waals surface area contributed by atoms with Gasteiger partial charge in [0.15, 0.2) is 0 Å². The predicted octanol–water partition coefficient (Wildman–Crippen LogP) is 7.41. The zero-order valence-corrected chi connectivity index (χ0v) is 18.5. The number of halogens is 2. The first-order chi connectivity index (χ1) is 14.3. The Labute approximate surface area is 181 Å². The fourth-order valence-electron chi connectivity index (χ4n) is 2.46. The first kappa shape index (κ1) is 23.3. The van der Waals surface area contributed by atoms with Gasteiger partial charge in [0, 0.05) is 23.9 Å². The molecule has 0 radical (unpaired) electrons. The van der Waals surface area contributed by atoms with Crippen molar-refractivity contribution in [3.8, 4) is 11.8 Å². The Morgan fingerprint density at radius 3 is 2.47 bits per heavy atom. The van der Waals surface area contributed by atoms with Crippen molar-refractivity contribution in [1.82, 2.24) is 4.98 Å². The van der Waals surface area contributed by atoms with Crippen molar-refractivity contribution in [3.05, 3.63) is 88.4 Å². The smallest absolute Gasteiger partial charge is 0.254 e. The Bertz CT molecular complexity index is 1020. The molecule has 0 aliphatic rings. The molecule has 1 heterocycles. The van der Waals surface area contributed by atoms with Crippen molar-refractivity contribution in [2.75, 3.05) is 5.32 Å². The van der Waals surface area contributed by atoms with E-state index in [1.807, 2.05) is 68.4 Å². The fraction of sp³-hybridized carbons (Fsp3) is 0.240. The number of thiazole rings is 1. The highest BCUT2D eigenvalue weighted by Crippen LogP contribution is 2.34. The number of nitrogens with one attached hydrogen (secondary N) is 1. The summed E-state index contributed by atoms with van der Waals surface area (Å²) >= 11 is 1.20. The minimum atomic E-state index is -2.80. The molecule has 2 nitrogen and oxygen atoms in total. The van der Waals surface area contributed by atoms with Crippen molar-refractivity contribution in [1.29, 1.82) is 0 Å².